The second kappa shape index (κ2) is 11.3. The standard InChI is InChI=1S/C24H31N5O3/c1-18-8-12-25-21(16-18)27-23(31)20-10-14-29(15-11-20)22(30)9-13-26-24(32)28(2)17-19-6-4-3-5-7-19/h3-8,12,16,20H,9-11,13-15,17H2,1-2H3,(H,26,32)(H,25,27,31). The fourth-order valence-corrected chi connectivity index (χ4v) is 3.72. The molecule has 0 unspecified atom stereocenters. The van der Waals surface area contributed by atoms with Crippen LogP contribution >= 0.6 is 0 Å². The molecular formula is C24H31N5O3. The van der Waals surface area contributed by atoms with Crippen molar-refractivity contribution in [3.8, 4) is 0 Å². The van der Waals surface area contributed by atoms with E-state index >= 15 is 0 Å². The van der Waals surface area contributed by atoms with E-state index in [1.807, 2.05) is 49.4 Å². The number of likely N-dealkylation sites (tertiary alicyclic amines) is 1. The Labute approximate surface area is 189 Å². The van der Waals surface area contributed by atoms with E-state index in [4.69, 9.17) is 0 Å². The zero-order valence-electron chi connectivity index (χ0n) is 18.7. The van der Waals surface area contributed by atoms with Gasteiger partial charge in [-0.05, 0) is 43.0 Å². The highest BCUT2D eigenvalue weighted by atomic mass is 16.2. The van der Waals surface area contributed by atoms with Crippen molar-refractivity contribution in [2.45, 2.75) is 32.7 Å². The van der Waals surface area contributed by atoms with E-state index in [1.165, 1.54) is 0 Å². The van der Waals surface area contributed by atoms with Crippen LogP contribution in [-0.4, -0.2) is 59.3 Å². The van der Waals surface area contributed by atoms with Gasteiger partial charge in [0, 0.05) is 51.8 Å². The highest BCUT2D eigenvalue weighted by Crippen LogP contribution is 2.20. The molecule has 0 radical (unpaired) electrons. The number of amides is 4. The van der Waals surface area contributed by atoms with Crippen molar-refractivity contribution >= 4 is 23.7 Å². The molecule has 0 saturated carbocycles. The van der Waals surface area contributed by atoms with E-state index in [0.717, 1.165) is 11.1 Å². The van der Waals surface area contributed by atoms with Crippen LogP contribution < -0.4 is 10.6 Å². The maximum atomic E-state index is 12.5. The minimum Gasteiger partial charge on any atom is -0.343 e. The number of hydrogen-bond donors (Lipinski definition) is 2. The lowest BCUT2D eigenvalue weighted by molar-refractivity contribution is -0.134. The molecule has 1 aliphatic rings. The molecule has 8 heteroatoms. The molecule has 1 fully saturated rings. The molecule has 0 atom stereocenters. The van der Waals surface area contributed by atoms with Crippen molar-refractivity contribution in [2.75, 3.05) is 32.0 Å². The summed E-state index contributed by atoms with van der Waals surface area (Å²) in [5, 5.41) is 5.67. The van der Waals surface area contributed by atoms with E-state index < -0.39 is 0 Å². The summed E-state index contributed by atoms with van der Waals surface area (Å²) < 4.78 is 0. The van der Waals surface area contributed by atoms with Gasteiger partial charge in [-0.25, -0.2) is 9.78 Å². The minimum absolute atomic E-state index is 0.00442. The number of piperidine rings is 1. The number of aromatic nitrogens is 1. The van der Waals surface area contributed by atoms with E-state index in [9.17, 15) is 14.4 Å². The molecule has 1 aliphatic heterocycles. The van der Waals surface area contributed by atoms with Crippen LogP contribution in [-0.2, 0) is 16.1 Å². The molecule has 2 N–H and O–H groups in total. The summed E-state index contributed by atoms with van der Waals surface area (Å²) in [6.07, 6.45) is 3.16. The molecule has 2 aromatic rings. The van der Waals surface area contributed by atoms with Gasteiger partial charge in [0.15, 0.2) is 0 Å². The molecule has 1 saturated heterocycles. The van der Waals surface area contributed by atoms with Crippen molar-refractivity contribution in [3.05, 3.63) is 59.8 Å². The van der Waals surface area contributed by atoms with Crippen molar-refractivity contribution < 1.29 is 14.4 Å². The van der Waals surface area contributed by atoms with Crippen LogP contribution in [0.1, 0.15) is 30.4 Å². The lowest BCUT2D eigenvalue weighted by Gasteiger charge is -2.31. The van der Waals surface area contributed by atoms with Crippen LogP contribution in [0.5, 0.6) is 0 Å². The number of aryl methyl sites for hydroxylation is 1. The third kappa shape index (κ3) is 6.80. The van der Waals surface area contributed by atoms with E-state index in [2.05, 4.69) is 15.6 Å². The highest BCUT2D eigenvalue weighted by Gasteiger charge is 2.27. The predicted molar refractivity (Wildman–Crippen MR) is 123 cm³/mol. The van der Waals surface area contributed by atoms with Gasteiger partial charge in [-0.2, -0.15) is 0 Å². The van der Waals surface area contributed by atoms with Gasteiger partial charge < -0.3 is 20.4 Å². The van der Waals surface area contributed by atoms with E-state index in [1.54, 1.807) is 23.0 Å². The Morgan fingerprint density at radius 2 is 1.84 bits per heavy atom. The predicted octanol–water partition coefficient (Wildman–Crippen LogP) is 2.80. The molecule has 1 aromatic carbocycles. The lowest BCUT2D eigenvalue weighted by Crippen LogP contribution is -2.43. The Hall–Kier alpha value is -3.42. The van der Waals surface area contributed by atoms with Crippen molar-refractivity contribution in [2.24, 2.45) is 5.92 Å². The summed E-state index contributed by atoms with van der Waals surface area (Å²) in [7, 11) is 1.73. The Morgan fingerprint density at radius 3 is 2.53 bits per heavy atom. The molecule has 3 rings (SSSR count). The number of benzene rings is 1. The number of pyridine rings is 1. The molecule has 32 heavy (non-hydrogen) atoms. The normalized spacial score (nSPS) is 14.0. The first kappa shape index (κ1) is 23.2. The number of nitrogens with zero attached hydrogens (tertiary/aromatic N) is 3. The van der Waals surface area contributed by atoms with Crippen LogP contribution in [0.3, 0.4) is 0 Å². The summed E-state index contributed by atoms with van der Waals surface area (Å²) in [4.78, 5) is 44.8. The molecule has 0 bridgehead atoms. The molecule has 0 spiro atoms. The fraction of sp³-hybridized carbons (Fsp3) is 0.417. The third-order valence-corrected chi connectivity index (χ3v) is 5.61. The third-order valence-electron chi connectivity index (χ3n) is 5.61. The summed E-state index contributed by atoms with van der Waals surface area (Å²) in [6, 6.07) is 13.3. The average Bonchev–Trinajstić information content (AvgIpc) is 2.79. The maximum absolute atomic E-state index is 12.5. The monoisotopic (exact) mass is 437 g/mol. The quantitative estimate of drug-likeness (QED) is 0.696. The molecule has 4 amide bonds. The highest BCUT2D eigenvalue weighted by molar-refractivity contribution is 5.92. The lowest BCUT2D eigenvalue weighted by atomic mass is 9.95. The largest absolute Gasteiger partial charge is 0.343 e. The van der Waals surface area contributed by atoms with Crippen molar-refractivity contribution in [1.29, 1.82) is 0 Å². The Balaban J connectivity index is 1.35. The molecule has 0 aliphatic carbocycles. The van der Waals surface area contributed by atoms with Crippen LogP contribution in [0.15, 0.2) is 48.7 Å². The molecule has 1 aromatic heterocycles. The van der Waals surface area contributed by atoms with Crippen LogP contribution in [0.25, 0.3) is 0 Å². The van der Waals surface area contributed by atoms with Gasteiger partial charge in [-0.1, -0.05) is 30.3 Å². The smallest absolute Gasteiger partial charge is 0.317 e. The molecule has 170 valence electrons. The summed E-state index contributed by atoms with van der Waals surface area (Å²) in [5.74, 6) is 0.369. The number of anilines is 1. The topological polar surface area (TPSA) is 94.6 Å². The minimum atomic E-state index is -0.207. The number of hydrogen-bond acceptors (Lipinski definition) is 4. The van der Waals surface area contributed by atoms with Gasteiger partial charge in [-0.15, -0.1) is 0 Å². The molecular weight excluding hydrogens is 406 g/mol. The van der Waals surface area contributed by atoms with Crippen molar-refractivity contribution in [1.82, 2.24) is 20.1 Å². The summed E-state index contributed by atoms with van der Waals surface area (Å²) in [5.41, 5.74) is 2.08. The maximum Gasteiger partial charge on any atom is 0.317 e. The van der Waals surface area contributed by atoms with Gasteiger partial charge in [0.05, 0.1) is 0 Å². The van der Waals surface area contributed by atoms with Gasteiger partial charge in [0.2, 0.25) is 11.8 Å². The Bertz CT molecular complexity index is 926. The van der Waals surface area contributed by atoms with Gasteiger partial charge in [-0.3, -0.25) is 9.59 Å². The number of nitrogens with one attached hydrogen (secondary N) is 2. The van der Waals surface area contributed by atoms with Gasteiger partial charge in [0.25, 0.3) is 0 Å². The zero-order chi connectivity index (χ0) is 22.9. The molecule has 2 heterocycles. The number of urea groups is 1. The first-order chi connectivity index (χ1) is 15.4. The van der Waals surface area contributed by atoms with Crippen molar-refractivity contribution in [3.63, 3.8) is 0 Å². The summed E-state index contributed by atoms with van der Waals surface area (Å²) >= 11 is 0. The van der Waals surface area contributed by atoms with Crippen LogP contribution in [0, 0.1) is 12.8 Å². The second-order valence-corrected chi connectivity index (χ2v) is 8.19. The number of carbonyl (C=O) groups excluding carboxylic acids is 3. The first-order valence-corrected chi connectivity index (χ1v) is 11.0. The fourth-order valence-electron chi connectivity index (χ4n) is 3.72. The Morgan fingerprint density at radius 1 is 1.12 bits per heavy atom. The Kier molecular flexibility index (Phi) is 8.19. The van der Waals surface area contributed by atoms with Crippen LogP contribution in [0.2, 0.25) is 0 Å². The number of carbonyl (C=O) groups is 3. The second-order valence-electron chi connectivity index (χ2n) is 8.19. The van der Waals surface area contributed by atoms with E-state index in [-0.39, 0.29) is 36.7 Å². The van der Waals surface area contributed by atoms with Crippen LogP contribution in [0.4, 0.5) is 10.6 Å². The summed E-state index contributed by atoms with van der Waals surface area (Å²) in [6.45, 7) is 3.83. The van der Waals surface area contributed by atoms with E-state index in [0.29, 0.717) is 38.3 Å². The molecule has 8 nitrogen and oxygen atoms in total. The van der Waals surface area contributed by atoms with Gasteiger partial charge in [0.1, 0.15) is 5.82 Å². The number of rotatable bonds is 7. The van der Waals surface area contributed by atoms with Gasteiger partial charge >= 0.3 is 6.03 Å². The average molecular weight is 438 g/mol. The zero-order valence-corrected chi connectivity index (χ0v) is 18.7. The first-order valence-electron chi connectivity index (χ1n) is 11.0. The SMILES string of the molecule is Cc1ccnc(NC(=O)C2CCN(C(=O)CCNC(=O)N(C)Cc3ccccc3)CC2)c1.